The van der Waals surface area contributed by atoms with Gasteiger partial charge in [-0.25, -0.2) is 0 Å². The molecule has 0 radical (unpaired) electrons. The molecule has 0 unspecified atom stereocenters. The third-order valence-corrected chi connectivity index (χ3v) is 12.4. The normalized spacial score (nSPS) is 11.8. The SMILES string of the molecule is c1ccc(-c2ccc3c4ccc(-c5ccccc5)cc4n(-c4nc(-c5ccccc5-c5cccc6c5oc5ccccc56)nc(-n5c6ccccc6c6ccccc65)n4)c3c2)cc1. The second kappa shape index (κ2) is 14.0. The molecule has 0 aliphatic rings. The molecule has 13 aromatic rings. The van der Waals surface area contributed by atoms with Crippen LogP contribution in [0, 0.1) is 0 Å². The third-order valence-electron chi connectivity index (χ3n) is 12.4. The summed E-state index contributed by atoms with van der Waals surface area (Å²) in [6.45, 7) is 0. The van der Waals surface area contributed by atoms with E-state index < -0.39 is 0 Å². The standard InChI is InChI=1S/C57H35N5O/c1-3-16-36(17-4-1)38-30-32-43-44-33-31-39(37-18-5-2-6-19-37)35-52(44)62(51(43)34-38)57-59-55(58-56(60-57)61-49-27-12-9-21-41(49)42-22-10-13-28-50(42)61)48-24-8-7-20-40(48)46-25-15-26-47-45-23-11-14-29-53(45)63-54(46)47/h1-35H. The van der Waals surface area contributed by atoms with Crippen molar-refractivity contribution in [1.29, 1.82) is 0 Å². The molecule has 0 spiro atoms. The molecule has 0 aliphatic carbocycles. The summed E-state index contributed by atoms with van der Waals surface area (Å²) in [7, 11) is 0. The molecule has 4 aromatic heterocycles. The van der Waals surface area contributed by atoms with E-state index in [4.69, 9.17) is 19.4 Å². The molecule has 0 saturated carbocycles. The maximum atomic E-state index is 6.62. The summed E-state index contributed by atoms with van der Waals surface area (Å²) >= 11 is 0. The van der Waals surface area contributed by atoms with Crippen LogP contribution in [0.4, 0.5) is 0 Å². The maximum Gasteiger partial charge on any atom is 0.240 e. The molecule has 13 rings (SSSR count). The van der Waals surface area contributed by atoms with Gasteiger partial charge in [0.25, 0.3) is 0 Å². The highest BCUT2D eigenvalue weighted by Gasteiger charge is 2.23. The molecule has 63 heavy (non-hydrogen) atoms. The maximum absolute atomic E-state index is 6.62. The van der Waals surface area contributed by atoms with Gasteiger partial charge in [0.1, 0.15) is 11.2 Å². The van der Waals surface area contributed by atoms with E-state index in [2.05, 4.69) is 209 Å². The van der Waals surface area contributed by atoms with Crippen molar-refractivity contribution in [1.82, 2.24) is 24.1 Å². The molecule has 0 N–H and O–H groups in total. The van der Waals surface area contributed by atoms with E-state index in [9.17, 15) is 0 Å². The first-order chi connectivity index (χ1) is 31.2. The van der Waals surface area contributed by atoms with Gasteiger partial charge in [0.05, 0.1) is 22.1 Å². The van der Waals surface area contributed by atoms with Crippen molar-refractivity contribution in [3.63, 3.8) is 0 Å². The lowest BCUT2D eigenvalue weighted by Gasteiger charge is -2.15. The molecular formula is C57H35N5O. The van der Waals surface area contributed by atoms with Gasteiger partial charge in [-0.05, 0) is 58.1 Å². The van der Waals surface area contributed by atoms with Gasteiger partial charge in [0.15, 0.2) is 5.82 Å². The van der Waals surface area contributed by atoms with E-state index in [1.807, 2.05) is 12.1 Å². The fourth-order valence-electron chi connectivity index (χ4n) is 9.54. The summed E-state index contributed by atoms with van der Waals surface area (Å²) in [5.41, 5.74) is 13.0. The van der Waals surface area contributed by atoms with Crippen LogP contribution in [0.15, 0.2) is 217 Å². The minimum absolute atomic E-state index is 0.518. The molecule has 294 valence electrons. The number of para-hydroxylation sites is 4. The molecule has 0 bridgehead atoms. The van der Waals surface area contributed by atoms with E-state index >= 15 is 0 Å². The van der Waals surface area contributed by atoms with Crippen LogP contribution >= 0.6 is 0 Å². The summed E-state index contributed by atoms with van der Waals surface area (Å²) in [4.78, 5) is 16.5. The van der Waals surface area contributed by atoms with Crippen LogP contribution in [-0.4, -0.2) is 24.1 Å². The summed E-state index contributed by atoms with van der Waals surface area (Å²) < 4.78 is 11.0. The zero-order chi connectivity index (χ0) is 41.4. The number of rotatable bonds is 6. The van der Waals surface area contributed by atoms with Crippen molar-refractivity contribution >= 4 is 65.6 Å². The summed E-state index contributed by atoms with van der Waals surface area (Å²) in [5.74, 6) is 1.59. The second-order valence-electron chi connectivity index (χ2n) is 16.0. The van der Waals surface area contributed by atoms with Crippen molar-refractivity contribution in [2.24, 2.45) is 0 Å². The molecule has 4 heterocycles. The predicted molar refractivity (Wildman–Crippen MR) is 258 cm³/mol. The number of furan rings is 1. The first kappa shape index (κ1) is 35.2. The van der Waals surface area contributed by atoms with Crippen molar-refractivity contribution in [3.05, 3.63) is 212 Å². The summed E-state index contributed by atoms with van der Waals surface area (Å²) in [6, 6.07) is 74.4. The molecule has 0 saturated heterocycles. The molecule has 6 nitrogen and oxygen atoms in total. The smallest absolute Gasteiger partial charge is 0.240 e. The third kappa shape index (κ3) is 5.55. The Labute approximate surface area is 361 Å². The molecule has 9 aromatic carbocycles. The number of hydrogen-bond donors (Lipinski definition) is 0. The van der Waals surface area contributed by atoms with Gasteiger partial charge < -0.3 is 4.42 Å². The van der Waals surface area contributed by atoms with Crippen molar-refractivity contribution in [2.45, 2.75) is 0 Å². The summed E-state index contributed by atoms with van der Waals surface area (Å²) in [5, 5.41) is 6.63. The van der Waals surface area contributed by atoms with Crippen LogP contribution < -0.4 is 0 Å². The molecule has 0 amide bonds. The Morgan fingerprint density at radius 1 is 0.302 bits per heavy atom. The lowest BCUT2D eigenvalue weighted by molar-refractivity contribution is 0.670. The molecule has 0 fully saturated rings. The van der Waals surface area contributed by atoms with Crippen LogP contribution in [0.1, 0.15) is 0 Å². The topological polar surface area (TPSA) is 61.7 Å². The number of fused-ring (bicyclic) bond motifs is 9. The predicted octanol–water partition coefficient (Wildman–Crippen LogP) is 14.6. The molecular weight excluding hydrogens is 771 g/mol. The van der Waals surface area contributed by atoms with Crippen molar-refractivity contribution in [2.75, 3.05) is 0 Å². The van der Waals surface area contributed by atoms with Crippen molar-refractivity contribution in [3.8, 4) is 56.7 Å². The molecule has 0 atom stereocenters. The highest BCUT2D eigenvalue weighted by molar-refractivity contribution is 6.12. The van der Waals surface area contributed by atoms with Crippen molar-refractivity contribution < 1.29 is 4.42 Å². The van der Waals surface area contributed by atoms with Gasteiger partial charge in [-0.15, -0.1) is 0 Å². The highest BCUT2D eigenvalue weighted by atomic mass is 16.3. The van der Waals surface area contributed by atoms with Gasteiger partial charge in [0, 0.05) is 43.4 Å². The first-order valence-corrected chi connectivity index (χ1v) is 21.2. The van der Waals surface area contributed by atoms with E-state index in [-0.39, 0.29) is 0 Å². The zero-order valence-corrected chi connectivity index (χ0v) is 33.9. The average molecular weight is 806 g/mol. The van der Waals surface area contributed by atoms with Crippen LogP contribution in [0.5, 0.6) is 0 Å². The number of aromatic nitrogens is 5. The minimum Gasteiger partial charge on any atom is -0.455 e. The number of hydrogen-bond acceptors (Lipinski definition) is 4. The van der Waals surface area contributed by atoms with Crippen LogP contribution in [0.25, 0.3) is 122 Å². The Hall–Kier alpha value is -8.61. The van der Waals surface area contributed by atoms with Gasteiger partial charge in [-0.3, -0.25) is 9.13 Å². The van der Waals surface area contributed by atoms with Gasteiger partial charge in [-0.2, -0.15) is 15.0 Å². The lowest BCUT2D eigenvalue weighted by atomic mass is 9.97. The van der Waals surface area contributed by atoms with Gasteiger partial charge in [0.2, 0.25) is 11.9 Å². The van der Waals surface area contributed by atoms with Crippen LogP contribution in [-0.2, 0) is 0 Å². The Morgan fingerprint density at radius 2 is 0.762 bits per heavy atom. The fraction of sp³-hybridized carbons (Fsp3) is 0. The van der Waals surface area contributed by atoms with E-state index in [0.29, 0.717) is 17.7 Å². The summed E-state index contributed by atoms with van der Waals surface area (Å²) in [6.07, 6.45) is 0. The average Bonchev–Trinajstić information content (AvgIpc) is 4.02. The van der Waals surface area contributed by atoms with E-state index in [1.54, 1.807) is 0 Å². The van der Waals surface area contributed by atoms with E-state index in [1.165, 1.54) is 0 Å². The molecule has 6 heteroatoms. The first-order valence-electron chi connectivity index (χ1n) is 21.2. The number of benzene rings is 9. The number of nitrogens with zero attached hydrogens (tertiary/aromatic N) is 5. The Balaban J connectivity index is 1.14. The minimum atomic E-state index is 0.518. The Morgan fingerprint density at radius 3 is 1.38 bits per heavy atom. The Bertz CT molecular complexity index is 3770. The quantitative estimate of drug-likeness (QED) is 0.168. The molecule has 0 aliphatic heterocycles. The highest BCUT2D eigenvalue weighted by Crippen LogP contribution is 2.41. The monoisotopic (exact) mass is 805 g/mol. The van der Waals surface area contributed by atoms with E-state index in [0.717, 1.165) is 104 Å². The van der Waals surface area contributed by atoms with Gasteiger partial charge >= 0.3 is 0 Å². The zero-order valence-electron chi connectivity index (χ0n) is 33.9. The Kier molecular flexibility index (Phi) is 7.80. The lowest BCUT2D eigenvalue weighted by Crippen LogP contribution is -2.10. The van der Waals surface area contributed by atoms with Crippen LogP contribution in [0.2, 0.25) is 0 Å². The van der Waals surface area contributed by atoms with Gasteiger partial charge in [-0.1, -0.05) is 182 Å². The largest absolute Gasteiger partial charge is 0.455 e. The fourth-order valence-corrected chi connectivity index (χ4v) is 9.54. The second-order valence-corrected chi connectivity index (χ2v) is 16.0. The van der Waals surface area contributed by atoms with Crippen LogP contribution in [0.3, 0.4) is 0 Å².